The van der Waals surface area contributed by atoms with Gasteiger partial charge in [0.05, 0.1) is 10.0 Å². The summed E-state index contributed by atoms with van der Waals surface area (Å²) in [6, 6.07) is 12.0. The Bertz CT molecular complexity index is 516. The maximum absolute atomic E-state index is 6.41. The molecule has 0 aromatic heterocycles. The third-order valence-electron chi connectivity index (χ3n) is 2.74. The van der Waals surface area contributed by atoms with Gasteiger partial charge in [-0.3, -0.25) is 0 Å². The minimum Gasteiger partial charge on any atom is -0.0876 e. The van der Waals surface area contributed by atoms with Gasteiger partial charge in [0.1, 0.15) is 0 Å². The second-order valence-electron chi connectivity index (χ2n) is 3.82. The van der Waals surface area contributed by atoms with Crippen LogP contribution in [0.2, 0.25) is 10.0 Å². The van der Waals surface area contributed by atoms with E-state index in [9.17, 15) is 0 Å². The summed E-state index contributed by atoms with van der Waals surface area (Å²) in [6.07, 6.45) is 0. The molecule has 0 nitrogen and oxygen atoms in total. The normalized spacial score (nSPS) is 10.7. The fourth-order valence-electron chi connectivity index (χ4n) is 1.78. The lowest BCUT2D eigenvalue weighted by Gasteiger charge is -2.11. The van der Waals surface area contributed by atoms with Crippen molar-refractivity contribution >= 4 is 55.1 Å². The number of benzene rings is 2. The van der Waals surface area contributed by atoms with Crippen molar-refractivity contribution in [2.45, 2.75) is 10.7 Å². The zero-order valence-corrected chi connectivity index (χ0v) is 14.1. The van der Waals surface area contributed by atoms with Crippen LogP contribution in [-0.4, -0.2) is 0 Å². The van der Waals surface area contributed by atoms with E-state index in [1.165, 1.54) is 0 Å². The summed E-state index contributed by atoms with van der Waals surface area (Å²) in [6.45, 7) is 0. The van der Waals surface area contributed by atoms with Crippen LogP contribution in [0.15, 0.2) is 36.4 Å². The summed E-state index contributed by atoms with van der Waals surface area (Å²) < 4.78 is 0. The van der Waals surface area contributed by atoms with Crippen molar-refractivity contribution < 1.29 is 0 Å². The van der Waals surface area contributed by atoms with Gasteiger partial charge in [0.25, 0.3) is 0 Å². The van der Waals surface area contributed by atoms with Gasteiger partial charge >= 0.3 is 0 Å². The molecule has 18 heavy (non-hydrogen) atoms. The van der Waals surface area contributed by atoms with Gasteiger partial charge in [-0.15, -0.1) is 0 Å². The van der Waals surface area contributed by atoms with Gasteiger partial charge in [0.15, 0.2) is 0 Å². The average Bonchev–Trinajstić information content (AvgIpc) is 2.40. The van der Waals surface area contributed by atoms with Crippen LogP contribution in [0.5, 0.6) is 0 Å². The fraction of sp³-hybridized carbons (Fsp3) is 0.143. The van der Waals surface area contributed by atoms with E-state index in [4.69, 9.17) is 23.2 Å². The molecule has 0 saturated carbocycles. The first-order valence-electron chi connectivity index (χ1n) is 5.36. The predicted molar refractivity (Wildman–Crippen MR) is 87.2 cm³/mol. The van der Waals surface area contributed by atoms with Gasteiger partial charge in [0.2, 0.25) is 0 Å². The van der Waals surface area contributed by atoms with Crippen LogP contribution in [0.4, 0.5) is 0 Å². The minimum atomic E-state index is 0.732. The third kappa shape index (κ3) is 2.77. The molecule has 0 N–H and O–H groups in total. The zero-order chi connectivity index (χ0) is 13.1. The molecule has 0 amide bonds. The molecule has 94 valence electrons. The van der Waals surface area contributed by atoms with Crippen LogP contribution in [-0.2, 0) is 10.7 Å². The Morgan fingerprint density at radius 3 is 1.44 bits per heavy atom. The van der Waals surface area contributed by atoms with Crippen molar-refractivity contribution in [2.24, 2.45) is 0 Å². The lowest BCUT2D eigenvalue weighted by molar-refractivity contribution is 1.41. The first kappa shape index (κ1) is 14.4. The Morgan fingerprint density at radius 2 is 1.11 bits per heavy atom. The van der Waals surface area contributed by atoms with Crippen LogP contribution in [0.25, 0.3) is 11.1 Å². The topological polar surface area (TPSA) is 0 Å². The van der Waals surface area contributed by atoms with Crippen molar-refractivity contribution in [1.82, 2.24) is 0 Å². The highest BCUT2D eigenvalue weighted by atomic mass is 79.9. The molecule has 4 heteroatoms. The first-order valence-corrected chi connectivity index (χ1v) is 8.36. The summed E-state index contributed by atoms with van der Waals surface area (Å²) in [4.78, 5) is 0. The number of halogens is 4. The summed E-state index contributed by atoms with van der Waals surface area (Å²) >= 11 is 19.7. The van der Waals surface area contributed by atoms with E-state index in [-0.39, 0.29) is 0 Å². The SMILES string of the molecule is Clc1c(CBr)cccc1-c1cccc(CBr)c1Cl. The summed E-state index contributed by atoms with van der Waals surface area (Å²) in [5, 5.41) is 2.97. The van der Waals surface area contributed by atoms with Crippen molar-refractivity contribution in [1.29, 1.82) is 0 Å². The highest BCUT2D eigenvalue weighted by Crippen LogP contribution is 2.37. The molecule has 2 aromatic rings. The van der Waals surface area contributed by atoms with Gasteiger partial charge < -0.3 is 0 Å². The average molecular weight is 409 g/mol. The number of rotatable bonds is 3. The van der Waals surface area contributed by atoms with Crippen molar-refractivity contribution in [3.05, 3.63) is 57.6 Å². The largest absolute Gasteiger partial charge is 0.0876 e. The molecule has 0 radical (unpaired) electrons. The van der Waals surface area contributed by atoms with Crippen LogP contribution < -0.4 is 0 Å². The van der Waals surface area contributed by atoms with Gasteiger partial charge in [0, 0.05) is 21.8 Å². The number of hydrogen-bond donors (Lipinski definition) is 0. The van der Waals surface area contributed by atoms with Gasteiger partial charge in [-0.25, -0.2) is 0 Å². The lowest BCUT2D eigenvalue weighted by atomic mass is 10.0. The van der Waals surface area contributed by atoms with E-state index in [1.54, 1.807) is 0 Å². The van der Waals surface area contributed by atoms with Crippen LogP contribution in [0.1, 0.15) is 11.1 Å². The lowest BCUT2D eigenvalue weighted by Crippen LogP contribution is -1.89. The molecule has 0 bridgehead atoms. The van der Waals surface area contributed by atoms with Crippen LogP contribution >= 0.6 is 55.1 Å². The third-order valence-corrected chi connectivity index (χ3v) is 4.84. The van der Waals surface area contributed by atoms with Crippen molar-refractivity contribution in [3.8, 4) is 11.1 Å². The Morgan fingerprint density at radius 1 is 0.722 bits per heavy atom. The van der Waals surface area contributed by atoms with E-state index in [1.807, 2.05) is 36.4 Å². The second kappa shape index (κ2) is 6.42. The molecule has 0 aliphatic heterocycles. The zero-order valence-electron chi connectivity index (χ0n) is 9.39. The second-order valence-corrected chi connectivity index (χ2v) is 5.70. The highest BCUT2D eigenvalue weighted by Gasteiger charge is 2.12. The molecular formula is C14H10Br2Cl2. The van der Waals surface area contributed by atoms with E-state index < -0.39 is 0 Å². The standard InChI is InChI=1S/C14H10Br2Cl2/c15-7-9-3-1-5-11(13(9)17)12-6-2-4-10(8-16)14(12)18/h1-6H,7-8H2. The van der Waals surface area contributed by atoms with Crippen molar-refractivity contribution in [3.63, 3.8) is 0 Å². The minimum absolute atomic E-state index is 0.732. The molecule has 0 fully saturated rings. The summed E-state index contributed by atoms with van der Waals surface area (Å²) in [5.74, 6) is 0. The van der Waals surface area contributed by atoms with E-state index >= 15 is 0 Å². The van der Waals surface area contributed by atoms with E-state index in [0.717, 1.165) is 43.0 Å². The van der Waals surface area contributed by atoms with Crippen molar-refractivity contribution in [2.75, 3.05) is 0 Å². The van der Waals surface area contributed by atoms with Gasteiger partial charge in [-0.1, -0.05) is 91.5 Å². The maximum Gasteiger partial charge on any atom is 0.0525 e. The molecular weight excluding hydrogens is 399 g/mol. The predicted octanol–water partition coefficient (Wildman–Crippen LogP) is 6.45. The molecule has 0 spiro atoms. The van der Waals surface area contributed by atoms with Crippen LogP contribution in [0, 0.1) is 0 Å². The van der Waals surface area contributed by atoms with Gasteiger partial charge in [-0.05, 0) is 11.1 Å². The molecule has 0 heterocycles. The molecule has 0 atom stereocenters. The maximum atomic E-state index is 6.41. The monoisotopic (exact) mass is 406 g/mol. The quantitative estimate of drug-likeness (QED) is 0.512. The highest BCUT2D eigenvalue weighted by molar-refractivity contribution is 9.08. The summed E-state index contributed by atoms with van der Waals surface area (Å²) in [7, 11) is 0. The molecule has 0 aliphatic rings. The Balaban J connectivity index is 2.62. The Kier molecular flexibility index (Phi) is 5.14. The molecule has 2 rings (SSSR count). The van der Waals surface area contributed by atoms with Gasteiger partial charge in [-0.2, -0.15) is 0 Å². The first-order chi connectivity index (χ1) is 8.69. The molecule has 2 aromatic carbocycles. The smallest absolute Gasteiger partial charge is 0.0525 e. The van der Waals surface area contributed by atoms with Crippen LogP contribution in [0.3, 0.4) is 0 Å². The van der Waals surface area contributed by atoms with E-state index in [0.29, 0.717) is 0 Å². The number of hydrogen-bond acceptors (Lipinski definition) is 0. The van der Waals surface area contributed by atoms with E-state index in [2.05, 4.69) is 31.9 Å². The Hall–Kier alpha value is -0.0200. The molecule has 0 unspecified atom stereocenters. The fourth-order valence-corrected chi connectivity index (χ4v) is 3.63. The molecule has 0 aliphatic carbocycles. The molecule has 0 saturated heterocycles. The summed E-state index contributed by atoms with van der Waals surface area (Å²) in [5.41, 5.74) is 4.08. The Labute approximate surface area is 134 Å². The number of alkyl halides is 2.